The molecule has 0 amide bonds. The average molecular weight is 343 g/mol. The van der Waals surface area contributed by atoms with Crippen LogP contribution >= 0.6 is 0 Å². The van der Waals surface area contributed by atoms with Crippen molar-refractivity contribution in [3.05, 3.63) is 0 Å². The Kier molecular flexibility index (Phi) is 96.2. The molecule has 0 unspecified atom stereocenters. The minimum atomic E-state index is 0. The second-order valence-electron chi connectivity index (χ2n) is 0. The molecule has 0 saturated carbocycles. The van der Waals surface area contributed by atoms with Crippen molar-refractivity contribution < 1.29 is 49.4 Å². The minimum absolute atomic E-state index is 0. The van der Waals surface area contributed by atoms with Gasteiger partial charge < -0.3 is 0 Å². The van der Waals surface area contributed by atoms with Gasteiger partial charge in [0.05, 0.1) is 0 Å². The molecule has 0 aliphatic rings. The molecule has 25 valence electrons. The Bertz CT molecular complexity index is 8.00. The maximum atomic E-state index is 0. The zero-order valence-corrected chi connectivity index (χ0v) is 2.80. The Labute approximate surface area is 121 Å². The number of hydrogen-bond donors (Lipinski definition) is 0. The SMILES string of the molecule is [CaH2].[Eu].[GaH3].[GeH4]. The van der Waals surface area contributed by atoms with E-state index in [1.54, 1.807) is 0 Å². The van der Waals surface area contributed by atoms with Gasteiger partial charge in [-0.3, -0.25) is 0 Å². The molecule has 0 bridgehead atoms. The first-order chi connectivity index (χ1) is 0. The summed E-state index contributed by atoms with van der Waals surface area (Å²) in [7, 11) is 0. The van der Waals surface area contributed by atoms with E-state index < -0.39 is 0 Å². The first-order valence-electron chi connectivity index (χ1n) is 0. The molecule has 0 N–H and O–H groups in total. The predicted octanol–water partition coefficient (Wildman–Crippen LogP) is -3.55. The fourth-order valence-corrected chi connectivity index (χ4v) is 0. The normalized spacial score (nSPS) is 0. The third-order valence-electron chi connectivity index (χ3n) is 0. The molecule has 1 radical (unpaired) electrons. The van der Waals surface area contributed by atoms with Gasteiger partial charge in [-0.25, -0.2) is 0 Å². The third kappa shape index (κ3) is 9.39. The van der Waals surface area contributed by atoms with Crippen LogP contribution < -0.4 is 0 Å². The van der Waals surface area contributed by atoms with Gasteiger partial charge in [0.1, 0.15) is 0 Å². The Morgan fingerprint density at radius 1 is 1.00 bits per heavy atom. The van der Waals surface area contributed by atoms with Gasteiger partial charge in [0.15, 0.2) is 0 Å². The summed E-state index contributed by atoms with van der Waals surface area (Å²) in [6.45, 7) is 0. The molecule has 4 heavy (non-hydrogen) atoms. The molecule has 0 atom stereocenters. The monoisotopic (exact) mass is 345 g/mol. The maximum absolute atomic E-state index is 0. The summed E-state index contributed by atoms with van der Waals surface area (Å²) in [5.74, 6) is 0. The molecule has 0 aromatic carbocycles. The Morgan fingerprint density at radius 2 is 1.00 bits per heavy atom. The Hall–Kier alpha value is 4.02. The molecule has 0 saturated heterocycles. The van der Waals surface area contributed by atoms with Crippen LogP contribution in [0.3, 0.4) is 0 Å². The molecule has 0 aliphatic heterocycles. The Morgan fingerprint density at radius 3 is 1.00 bits per heavy atom. The van der Waals surface area contributed by atoms with Gasteiger partial charge in [0.25, 0.3) is 0 Å². The van der Waals surface area contributed by atoms with Crippen LogP contribution in [-0.4, -0.2) is 75.1 Å². The topological polar surface area (TPSA) is 0 Å². The van der Waals surface area contributed by atoms with E-state index in [1.165, 1.54) is 0 Å². The Balaban J connectivity index is 0. The van der Waals surface area contributed by atoms with Gasteiger partial charge in [0.2, 0.25) is 0 Å². The van der Waals surface area contributed by atoms with Crippen LogP contribution in [-0.2, 0) is 0 Å². The predicted molar refractivity (Wildman–Crippen MR) is 29.8 cm³/mol. The van der Waals surface area contributed by atoms with E-state index in [0.717, 1.165) is 0 Å². The summed E-state index contributed by atoms with van der Waals surface area (Å²) < 4.78 is 0. The molecule has 0 aliphatic carbocycles. The van der Waals surface area contributed by atoms with E-state index in [-0.39, 0.29) is 125 Å². The molecule has 0 aromatic heterocycles. The van der Waals surface area contributed by atoms with E-state index in [4.69, 9.17) is 0 Å². The van der Waals surface area contributed by atoms with Crippen LogP contribution in [0.1, 0.15) is 0 Å². The number of rotatable bonds is 0. The summed E-state index contributed by atoms with van der Waals surface area (Å²) >= 11 is 0. The van der Waals surface area contributed by atoms with Crippen molar-refractivity contribution in [1.29, 1.82) is 0 Å². The van der Waals surface area contributed by atoms with Crippen LogP contribution in [0.5, 0.6) is 0 Å². The standard InChI is InChI=1S/Ca.Eu.Ga.GeH4.5H/h;;;1H4;;;;;. The van der Waals surface area contributed by atoms with Crippen LogP contribution in [0.2, 0.25) is 0 Å². The van der Waals surface area contributed by atoms with Crippen LogP contribution in [0.25, 0.3) is 0 Å². The van der Waals surface area contributed by atoms with Crippen molar-refractivity contribution in [2.24, 2.45) is 0 Å². The van der Waals surface area contributed by atoms with Gasteiger partial charge in [-0.1, -0.05) is 0 Å². The van der Waals surface area contributed by atoms with E-state index in [9.17, 15) is 0 Å². The van der Waals surface area contributed by atoms with Crippen LogP contribution in [0, 0.1) is 49.4 Å². The molecule has 0 fully saturated rings. The van der Waals surface area contributed by atoms with E-state index >= 15 is 0 Å². The van der Waals surface area contributed by atoms with Crippen molar-refractivity contribution in [2.45, 2.75) is 0 Å². The summed E-state index contributed by atoms with van der Waals surface area (Å²) in [6, 6.07) is 0. The van der Waals surface area contributed by atoms with Crippen LogP contribution in [0.15, 0.2) is 0 Å². The third-order valence-corrected chi connectivity index (χ3v) is 0. The van der Waals surface area contributed by atoms with Crippen molar-refractivity contribution in [3.63, 3.8) is 0 Å². The van der Waals surface area contributed by atoms with Crippen molar-refractivity contribution >= 4 is 75.1 Å². The van der Waals surface area contributed by atoms with Crippen molar-refractivity contribution in [3.8, 4) is 0 Å². The van der Waals surface area contributed by atoms with Crippen molar-refractivity contribution in [2.75, 3.05) is 0 Å². The van der Waals surface area contributed by atoms with Gasteiger partial charge in [-0.15, -0.1) is 0 Å². The van der Waals surface area contributed by atoms with Crippen LogP contribution in [0.4, 0.5) is 0 Å². The van der Waals surface area contributed by atoms with E-state index in [0.29, 0.717) is 0 Å². The second kappa shape index (κ2) is 15.7. The first kappa shape index (κ1) is 24.4. The van der Waals surface area contributed by atoms with E-state index in [2.05, 4.69) is 0 Å². The molecule has 0 spiro atoms. The molecule has 4 heteroatoms. The summed E-state index contributed by atoms with van der Waals surface area (Å²) in [5.41, 5.74) is 0. The fraction of sp³-hybridized carbons (Fsp3) is 0. The summed E-state index contributed by atoms with van der Waals surface area (Å²) in [5, 5.41) is 0. The van der Waals surface area contributed by atoms with Crippen molar-refractivity contribution in [1.82, 2.24) is 0 Å². The molecular formula is H9CaEuGaGe. The number of hydrogen-bond acceptors (Lipinski definition) is 0. The molecule has 0 rings (SSSR count). The molecule has 0 heterocycles. The molecular weight excluding hydrogens is 334 g/mol. The summed E-state index contributed by atoms with van der Waals surface area (Å²) in [6.07, 6.45) is 0. The zero-order chi connectivity index (χ0) is 0. The zero-order valence-electron chi connectivity index (χ0n) is 0.378. The van der Waals surface area contributed by atoms with Gasteiger partial charge >= 0.3 is 75.1 Å². The van der Waals surface area contributed by atoms with Gasteiger partial charge in [-0.2, -0.15) is 0 Å². The second-order valence-corrected chi connectivity index (χ2v) is 0. The fourth-order valence-electron chi connectivity index (χ4n) is 0. The quantitative estimate of drug-likeness (QED) is 0.400. The average Bonchev–Trinajstić information content (AvgIpc) is 0. The molecule has 0 nitrogen and oxygen atoms in total. The van der Waals surface area contributed by atoms with Gasteiger partial charge in [-0.05, 0) is 0 Å². The first-order valence-corrected chi connectivity index (χ1v) is 0. The molecule has 0 aromatic rings. The van der Waals surface area contributed by atoms with E-state index in [1.807, 2.05) is 0 Å². The van der Waals surface area contributed by atoms with Gasteiger partial charge in [0, 0.05) is 49.4 Å². The summed E-state index contributed by atoms with van der Waals surface area (Å²) in [4.78, 5) is 0.